The fourth-order valence-electron chi connectivity index (χ4n) is 3.39. The van der Waals surface area contributed by atoms with Gasteiger partial charge in [0.25, 0.3) is 5.91 Å². The van der Waals surface area contributed by atoms with E-state index in [0.29, 0.717) is 40.3 Å². The normalized spacial score (nSPS) is 10.9. The monoisotopic (exact) mass is 507 g/mol. The second-order valence-electron chi connectivity index (χ2n) is 7.48. The van der Waals surface area contributed by atoms with E-state index in [-0.39, 0.29) is 5.91 Å². The Hall–Kier alpha value is -3.74. The number of nitrogens with one attached hydrogen (secondary N) is 1. The molecule has 1 heterocycles. The number of ether oxygens (including phenoxy) is 2. The molecule has 0 bridgehead atoms. The number of amides is 1. The van der Waals surface area contributed by atoms with Crippen molar-refractivity contribution < 1.29 is 14.3 Å². The highest BCUT2D eigenvalue weighted by Crippen LogP contribution is 2.30. The summed E-state index contributed by atoms with van der Waals surface area (Å²) >= 11 is 12.1. The van der Waals surface area contributed by atoms with Crippen LogP contribution in [0.3, 0.4) is 0 Å². The van der Waals surface area contributed by atoms with Gasteiger partial charge >= 0.3 is 0 Å². The number of rotatable bonds is 9. The van der Waals surface area contributed by atoms with Gasteiger partial charge in [-0.1, -0.05) is 41.4 Å². The number of carbonyl (C=O) groups is 1. The molecule has 0 aliphatic heterocycles. The van der Waals surface area contributed by atoms with Crippen molar-refractivity contribution in [1.29, 1.82) is 0 Å². The Morgan fingerprint density at radius 3 is 2.51 bits per heavy atom. The van der Waals surface area contributed by atoms with Crippen LogP contribution < -0.4 is 14.9 Å². The molecule has 4 aromatic rings. The van der Waals surface area contributed by atoms with Crippen LogP contribution >= 0.6 is 23.2 Å². The van der Waals surface area contributed by atoms with Crippen molar-refractivity contribution in [1.82, 2.24) is 9.99 Å². The second-order valence-corrected chi connectivity index (χ2v) is 8.30. The third kappa shape index (κ3) is 6.23. The van der Waals surface area contributed by atoms with Crippen molar-refractivity contribution in [2.24, 2.45) is 5.10 Å². The molecule has 0 saturated carbocycles. The Morgan fingerprint density at radius 2 is 1.74 bits per heavy atom. The topological polar surface area (TPSA) is 64.8 Å². The minimum absolute atomic E-state index is 0.307. The van der Waals surface area contributed by atoms with Crippen LogP contribution in [0.4, 0.5) is 0 Å². The summed E-state index contributed by atoms with van der Waals surface area (Å²) in [6, 6.07) is 21.9. The van der Waals surface area contributed by atoms with Gasteiger partial charge in [0, 0.05) is 12.4 Å². The number of hydrazone groups is 1. The van der Waals surface area contributed by atoms with Crippen molar-refractivity contribution in [3.05, 3.63) is 112 Å². The summed E-state index contributed by atoms with van der Waals surface area (Å²) in [7, 11) is 0. The lowest BCUT2D eigenvalue weighted by atomic mass is 10.1. The maximum Gasteiger partial charge on any atom is 0.273 e. The highest BCUT2D eigenvalue weighted by atomic mass is 35.5. The van der Waals surface area contributed by atoms with E-state index < -0.39 is 0 Å². The summed E-state index contributed by atoms with van der Waals surface area (Å²) in [6.45, 7) is 2.67. The maximum atomic E-state index is 12.7. The summed E-state index contributed by atoms with van der Waals surface area (Å²) in [4.78, 5) is 12.7. The van der Waals surface area contributed by atoms with Crippen LogP contribution in [0.25, 0.3) is 5.69 Å². The SMILES string of the molecule is CCOc1cc(/C=N\NC(=O)c2ccccc2-n2cccc2)ccc1OCc1ccc(Cl)c(Cl)c1. The molecule has 0 aliphatic rings. The Bertz CT molecular complexity index is 1340. The van der Waals surface area contributed by atoms with Gasteiger partial charge in [0.2, 0.25) is 0 Å². The molecular weight excluding hydrogens is 485 g/mol. The zero-order chi connectivity index (χ0) is 24.6. The van der Waals surface area contributed by atoms with E-state index in [1.165, 1.54) is 0 Å². The molecule has 0 aliphatic carbocycles. The Morgan fingerprint density at radius 1 is 0.943 bits per heavy atom. The van der Waals surface area contributed by atoms with E-state index >= 15 is 0 Å². The number of hydrogen-bond donors (Lipinski definition) is 1. The number of para-hydroxylation sites is 1. The number of hydrogen-bond acceptors (Lipinski definition) is 4. The zero-order valence-electron chi connectivity index (χ0n) is 18.9. The smallest absolute Gasteiger partial charge is 0.273 e. The summed E-state index contributed by atoms with van der Waals surface area (Å²) in [5.74, 6) is 0.845. The molecular formula is C27H23Cl2N3O3. The van der Waals surface area contributed by atoms with Gasteiger partial charge < -0.3 is 14.0 Å². The van der Waals surface area contributed by atoms with Crippen molar-refractivity contribution in [3.8, 4) is 17.2 Å². The number of aromatic nitrogens is 1. The molecule has 4 rings (SSSR count). The number of carbonyl (C=O) groups excluding carboxylic acids is 1. The lowest BCUT2D eigenvalue weighted by molar-refractivity contribution is 0.0955. The quantitative estimate of drug-likeness (QED) is 0.207. The molecule has 8 heteroatoms. The highest BCUT2D eigenvalue weighted by molar-refractivity contribution is 6.42. The van der Waals surface area contributed by atoms with Gasteiger partial charge in [0.1, 0.15) is 6.61 Å². The van der Waals surface area contributed by atoms with Gasteiger partial charge in [-0.05, 0) is 72.6 Å². The molecule has 6 nitrogen and oxygen atoms in total. The van der Waals surface area contributed by atoms with E-state index in [4.69, 9.17) is 32.7 Å². The fourth-order valence-corrected chi connectivity index (χ4v) is 3.72. The van der Waals surface area contributed by atoms with Crippen molar-refractivity contribution in [2.45, 2.75) is 13.5 Å². The van der Waals surface area contributed by atoms with Crippen LogP contribution in [0.2, 0.25) is 10.0 Å². The predicted octanol–water partition coefficient (Wildman–Crippen LogP) is 6.53. The van der Waals surface area contributed by atoms with Gasteiger partial charge in [-0.2, -0.15) is 5.10 Å². The van der Waals surface area contributed by atoms with Crippen LogP contribution in [0.15, 0.2) is 90.3 Å². The first-order chi connectivity index (χ1) is 17.0. The van der Waals surface area contributed by atoms with Crippen LogP contribution in [-0.4, -0.2) is 23.3 Å². The average molecular weight is 508 g/mol. The van der Waals surface area contributed by atoms with E-state index in [1.54, 1.807) is 36.5 Å². The molecule has 0 spiro atoms. The van der Waals surface area contributed by atoms with E-state index in [0.717, 1.165) is 16.8 Å². The first-order valence-electron chi connectivity index (χ1n) is 10.9. The van der Waals surface area contributed by atoms with Gasteiger partial charge in [0.15, 0.2) is 11.5 Å². The molecule has 178 valence electrons. The standard InChI is InChI=1S/C27H23Cl2N3O3/c1-2-34-26-16-19(10-12-25(26)35-18-20-9-11-22(28)23(29)15-20)17-30-31-27(33)21-7-3-4-8-24(21)32-13-5-6-14-32/h3-17H,2,18H2,1H3,(H,31,33)/b30-17-. The third-order valence-electron chi connectivity index (χ3n) is 5.06. The van der Waals surface area contributed by atoms with Crippen molar-refractivity contribution in [3.63, 3.8) is 0 Å². The van der Waals surface area contributed by atoms with Gasteiger partial charge in [-0.15, -0.1) is 0 Å². The summed E-state index contributed by atoms with van der Waals surface area (Å²) in [6.07, 6.45) is 5.33. The number of nitrogens with zero attached hydrogens (tertiary/aromatic N) is 2. The Labute approximate surface area is 213 Å². The summed E-state index contributed by atoms with van der Waals surface area (Å²) in [5, 5.41) is 5.09. The molecule has 1 aromatic heterocycles. The Balaban J connectivity index is 1.44. The minimum Gasteiger partial charge on any atom is -0.490 e. The number of halogens is 2. The first kappa shape index (κ1) is 24.4. The minimum atomic E-state index is -0.308. The van der Waals surface area contributed by atoms with Crippen molar-refractivity contribution in [2.75, 3.05) is 6.61 Å². The lowest BCUT2D eigenvalue weighted by Crippen LogP contribution is -2.19. The first-order valence-corrected chi connectivity index (χ1v) is 11.7. The molecule has 3 aromatic carbocycles. The molecule has 0 fully saturated rings. The fraction of sp³-hybridized carbons (Fsp3) is 0.111. The maximum absolute atomic E-state index is 12.7. The molecule has 0 radical (unpaired) electrons. The van der Waals surface area contributed by atoms with Crippen LogP contribution in [0.1, 0.15) is 28.4 Å². The van der Waals surface area contributed by atoms with Gasteiger partial charge in [-0.3, -0.25) is 4.79 Å². The predicted molar refractivity (Wildman–Crippen MR) is 139 cm³/mol. The van der Waals surface area contributed by atoms with E-state index in [2.05, 4.69) is 10.5 Å². The molecule has 0 saturated heterocycles. The van der Waals surface area contributed by atoms with Crippen molar-refractivity contribution >= 4 is 35.3 Å². The van der Waals surface area contributed by atoms with Gasteiger partial charge in [0.05, 0.1) is 34.1 Å². The van der Waals surface area contributed by atoms with Gasteiger partial charge in [-0.25, -0.2) is 5.43 Å². The molecule has 0 unspecified atom stereocenters. The molecule has 1 amide bonds. The zero-order valence-corrected chi connectivity index (χ0v) is 20.5. The van der Waals surface area contributed by atoms with Crippen LogP contribution in [0, 0.1) is 0 Å². The highest BCUT2D eigenvalue weighted by Gasteiger charge is 2.11. The third-order valence-corrected chi connectivity index (χ3v) is 5.80. The average Bonchev–Trinajstić information content (AvgIpc) is 3.41. The van der Waals surface area contributed by atoms with Crippen LogP contribution in [-0.2, 0) is 6.61 Å². The lowest BCUT2D eigenvalue weighted by Gasteiger charge is -2.13. The summed E-state index contributed by atoms with van der Waals surface area (Å²) in [5.41, 5.74) is 5.51. The molecule has 35 heavy (non-hydrogen) atoms. The summed E-state index contributed by atoms with van der Waals surface area (Å²) < 4.78 is 13.5. The second kappa shape index (κ2) is 11.6. The largest absolute Gasteiger partial charge is 0.490 e. The molecule has 0 atom stereocenters. The number of benzene rings is 3. The molecule has 1 N–H and O–H groups in total. The van der Waals surface area contributed by atoms with Crippen LogP contribution in [0.5, 0.6) is 11.5 Å². The van der Waals surface area contributed by atoms with E-state index in [9.17, 15) is 4.79 Å². The van der Waals surface area contributed by atoms with E-state index in [1.807, 2.05) is 66.3 Å². The Kier molecular flexibility index (Phi) is 8.08.